The molecule has 5 heterocycles. The lowest BCUT2D eigenvalue weighted by atomic mass is 10.2. The van der Waals surface area contributed by atoms with E-state index in [1.807, 2.05) is 27.8 Å². The highest BCUT2D eigenvalue weighted by Crippen LogP contribution is 2.26. The average molecular weight is 459 g/mol. The van der Waals surface area contributed by atoms with Gasteiger partial charge in [-0.15, -0.1) is 22.7 Å². The Bertz CT molecular complexity index is 1050. The molecule has 2 aliphatic rings. The molecule has 31 heavy (non-hydrogen) atoms. The molecule has 0 bridgehead atoms. The second-order valence-electron chi connectivity index (χ2n) is 7.59. The number of aromatic nitrogens is 3. The lowest BCUT2D eigenvalue weighted by Gasteiger charge is -2.33. The van der Waals surface area contributed by atoms with Gasteiger partial charge in [-0.1, -0.05) is 11.2 Å². The SMILES string of the molecule is O=C(Cc1csc(N2CCCC2=O)n1)N1CCN(Cc2nc(-c3cccs3)no2)CC1. The first-order valence-electron chi connectivity index (χ1n) is 10.3. The van der Waals surface area contributed by atoms with Crippen molar-refractivity contribution in [3.63, 3.8) is 0 Å². The van der Waals surface area contributed by atoms with E-state index in [9.17, 15) is 9.59 Å². The largest absolute Gasteiger partial charge is 0.340 e. The van der Waals surface area contributed by atoms with E-state index in [0.29, 0.717) is 42.9 Å². The maximum atomic E-state index is 12.7. The van der Waals surface area contributed by atoms with E-state index in [0.717, 1.165) is 36.6 Å². The Kier molecular flexibility index (Phi) is 5.79. The molecule has 0 aliphatic carbocycles. The number of carbonyl (C=O) groups excluding carboxylic acids is 2. The standard InChI is InChI=1S/C20H22N6O3S2/c27-17-4-1-5-26(17)20-21-14(13-31-20)11-18(28)25-8-6-24(7-9-25)12-16-22-19(23-29-16)15-3-2-10-30-15/h2-3,10,13H,1,4-9,11-12H2. The number of hydrogen-bond acceptors (Lipinski definition) is 9. The second kappa shape index (κ2) is 8.85. The van der Waals surface area contributed by atoms with Crippen LogP contribution in [-0.4, -0.2) is 69.5 Å². The molecule has 2 amide bonds. The van der Waals surface area contributed by atoms with Crippen LogP contribution >= 0.6 is 22.7 Å². The molecule has 9 nitrogen and oxygen atoms in total. The molecular weight excluding hydrogens is 436 g/mol. The molecule has 162 valence electrons. The van der Waals surface area contributed by atoms with Crippen molar-refractivity contribution in [3.8, 4) is 10.7 Å². The summed E-state index contributed by atoms with van der Waals surface area (Å²) in [4.78, 5) is 40.4. The van der Waals surface area contributed by atoms with Crippen LogP contribution in [0.1, 0.15) is 24.4 Å². The first kappa shape index (κ1) is 20.3. The van der Waals surface area contributed by atoms with Gasteiger partial charge in [0.2, 0.25) is 23.5 Å². The molecule has 0 N–H and O–H groups in total. The lowest BCUT2D eigenvalue weighted by Crippen LogP contribution is -2.48. The van der Waals surface area contributed by atoms with Crippen molar-refractivity contribution in [2.75, 3.05) is 37.6 Å². The Morgan fingerprint density at radius 3 is 2.74 bits per heavy atom. The predicted molar refractivity (Wildman–Crippen MR) is 117 cm³/mol. The molecule has 0 aromatic carbocycles. The number of rotatable bonds is 6. The summed E-state index contributed by atoms with van der Waals surface area (Å²) in [5.41, 5.74) is 0.735. The average Bonchev–Trinajstić information content (AvgIpc) is 3.56. The summed E-state index contributed by atoms with van der Waals surface area (Å²) in [6.45, 7) is 4.13. The van der Waals surface area contributed by atoms with E-state index in [1.165, 1.54) is 11.3 Å². The smallest absolute Gasteiger partial charge is 0.241 e. The fraction of sp³-hybridized carbons (Fsp3) is 0.450. The Hall–Kier alpha value is -2.63. The van der Waals surface area contributed by atoms with Gasteiger partial charge in [-0.3, -0.25) is 19.4 Å². The third-order valence-corrected chi connectivity index (χ3v) is 7.25. The highest BCUT2D eigenvalue weighted by molar-refractivity contribution is 7.14. The van der Waals surface area contributed by atoms with Crippen molar-refractivity contribution in [2.24, 2.45) is 0 Å². The topological polar surface area (TPSA) is 95.7 Å². The summed E-state index contributed by atoms with van der Waals surface area (Å²) in [6, 6.07) is 3.93. The third-order valence-electron chi connectivity index (χ3n) is 5.47. The zero-order valence-electron chi connectivity index (χ0n) is 16.9. The van der Waals surface area contributed by atoms with Gasteiger partial charge in [-0.2, -0.15) is 4.98 Å². The Balaban J connectivity index is 1.11. The molecule has 0 unspecified atom stereocenters. The van der Waals surface area contributed by atoms with Gasteiger partial charge in [0.05, 0.1) is 23.5 Å². The molecule has 5 rings (SSSR count). The van der Waals surface area contributed by atoms with Crippen LogP contribution in [0.3, 0.4) is 0 Å². The fourth-order valence-electron chi connectivity index (χ4n) is 3.79. The number of thiophene rings is 1. The molecule has 3 aromatic rings. The minimum absolute atomic E-state index is 0.0713. The molecule has 11 heteroatoms. The lowest BCUT2D eigenvalue weighted by molar-refractivity contribution is -0.132. The van der Waals surface area contributed by atoms with Crippen molar-refractivity contribution in [3.05, 3.63) is 34.5 Å². The van der Waals surface area contributed by atoms with E-state index < -0.39 is 0 Å². The maximum Gasteiger partial charge on any atom is 0.241 e. The van der Waals surface area contributed by atoms with Crippen molar-refractivity contribution < 1.29 is 14.1 Å². The zero-order valence-corrected chi connectivity index (χ0v) is 18.5. The van der Waals surface area contributed by atoms with Crippen molar-refractivity contribution in [1.29, 1.82) is 0 Å². The Morgan fingerprint density at radius 1 is 1.13 bits per heavy atom. The van der Waals surface area contributed by atoms with E-state index in [1.54, 1.807) is 16.2 Å². The van der Waals surface area contributed by atoms with Crippen LogP contribution in [0.4, 0.5) is 5.13 Å². The Labute approximate surface area is 187 Å². The molecule has 2 aliphatic heterocycles. The number of piperazine rings is 1. The number of carbonyl (C=O) groups is 2. The quantitative estimate of drug-likeness (QED) is 0.559. The molecule has 0 atom stereocenters. The minimum atomic E-state index is 0.0713. The van der Waals surface area contributed by atoms with Crippen molar-refractivity contribution >= 4 is 39.6 Å². The number of anilines is 1. The fourth-order valence-corrected chi connectivity index (χ4v) is 5.31. The highest BCUT2D eigenvalue weighted by atomic mass is 32.1. The predicted octanol–water partition coefficient (Wildman–Crippen LogP) is 2.27. The van der Waals surface area contributed by atoms with E-state index in [-0.39, 0.29) is 18.2 Å². The van der Waals surface area contributed by atoms with Crippen LogP contribution in [0, 0.1) is 0 Å². The van der Waals surface area contributed by atoms with Crippen molar-refractivity contribution in [2.45, 2.75) is 25.8 Å². The summed E-state index contributed by atoms with van der Waals surface area (Å²) < 4.78 is 5.38. The monoisotopic (exact) mass is 458 g/mol. The van der Waals surface area contributed by atoms with Gasteiger partial charge in [0.15, 0.2) is 5.13 Å². The number of nitrogens with zero attached hydrogens (tertiary/aromatic N) is 6. The number of hydrogen-bond donors (Lipinski definition) is 0. The molecule has 2 saturated heterocycles. The summed E-state index contributed by atoms with van der Waals surface area (Å²) in [5.74, 6) is 1.40. The third kappa shape index (κ3) is 4.53. The van der Waals surface area contributed by atoms with Crippen LogP contribution in [0.25, 0.3) is 10.7 Å². The summed E-state index contributed by atoms with van der Waals surface area (Å²) in [6.07, 6.45) is 1.72. The van der Waals surface area contributed by atoms with E-state index in [4.69, 9.17) is 4.52 Å². The summed E-state index contributed by atoms with van der Waals surface area (Å²) >= 11 is 3.02. The highest BCUT2D eigenvalue weighted by Gasteiger charge is 2.26. The minimum Gasteiger partial charge on any atom is -0.340 e. The van der Waals surface area contributed by atoms with E-state index in [2.05, 4.69) is 20.0 Å². The molecule has 0 saturated carbocycles. The van der Waals surface area contributed by atoms with Gasteiger partial charge in [0, 0.05) is 44.5 Å². The normalized spacial score (nSPS) is 17.6. The van der Waals surface area contributed by atoms with Crippen LogP contribution in [0.2, 0.25) is 0 Å². The molecule has 0 radical (unpaired) electrons. The van der Waals surface area contributed by atoms with Crippen LogP contribution in [0.15, 0.2) is 27.4 Å². The van der Waals surface area contributed by atoms with Crippen LogP contribution < -0.4 is 4.90 Å². The molecular formula is C20H22N6O3S2. The van der Waals surface area contributed by atoms with Gasteiger partial charge in [0.25, 0.3) is 0 Å². The second-order valence-corrected chi connectivity index (χ2v) is 9.38. The molecule has 3 aromatic heterocycles. The van der Waals surface area contributed by atoms with Crippen molar-refractivity contribution in [1.82, 2.24) is 24.9 Å². The first-order valence-corrected chi connectivity index (χ1v) is 12.0. The summed E-state index contributed by atoms with van der Waals surface area (Å²) in [7, 11) is 0. The first-order chi connectivity index (χ1) is 15.2. The maximum absolute atomic E-state index is 12.7. The van der Waals surface area contributed by atoms with Gasteiger partial charge < -0.3 is 9.42 Å². The molecule has 2 fully saturated rings. The van der Waals surface area contributed by atoms with Gasteiger partial charge in [0.1, 0.15) is 0 Å². The van der Waals surface area contributed by atoms with Gasteiger partial charge >= 0.3 is 0 Å². The van der Waals surface area contributed by atoms with E-state index >= 15 is 0 Å². The molecule has 0 spiro atoms. The van der Waals surface area contributed by atoms with Gasteiger partial charge in [-0.25, -0.2) is 4.98 Å². The zero-order chi connectivity index (χ0) is 21.2. The van der Waals surface area contributed by atoms with Gasteiger partial charge in [-0.05, 0) is 17.9 Å². The number of thiazole rings is 1. The van der Waals surface area contributed by atoms with Crippen LogP contribution in [0.5, 0.6) is 0 Å². The summed E-state index contributed by atoms with van der Waals surface area (Å²) in [5, 5.41) is 8.63. The van der Waals surface area contributed by atoms with Crippen LogP contribution in [-0.2, 0) is 22.6 Å². The Morgan fingerprint density at radius 2 is 2.00 bits per heavy atom. The number of amides is 2.